The molecular formula is C5H8NO3. The van der Waals surface area contributed by atoms with Gasteiger partial charge in [-0.15, -0.1) is 0 Å². The van der Waals surface area contributed by atoms with Crippen molar-refractivity contribution in [1.82, 2.24) is 5.32 Å². The summed E-state index contributed by atoms with van der Waals surface area (Å²) in [7, 11) is 0. The minimum Gasteiger partial charge on any atom is -0.275 e. The van der Waals surface area contributed by atoms with Crippen molar-refractivity contribution in [2.45, 2.75) is 19.8 Å². The molecule has 0 aromatic rings. The van der Waals surface area contributed by atoms with E-state index in [1.807, 2.05) is 0 Å². The molecule has 0 atom stereocenters. The smallest absolute Gasteiger partial charge is 0.275 e. The van der Waals surface area contributed by atoms with Crippen molar-refractivity contribution in [1.29, 1.82) is 0 Å². The molecule has 0 aliphatic carbocycles. The molecule has 0 rings (SSSR count). The van der Waals surface area contributed by atoms with E-state index in [0.29, 0.717) is 6.42 Å². The van der Waals surface area contributed by atoms with E-state index in [-0.39, 0.29) is 6.42 Å². The zero-order valence-corrected chi connectivity index (χ0v) is 5.14. The average molecular weight is 130 g/mol. The normalized spacial score (nSPS) is 8.56. The standard InChI is InChI=1S/C5H8NO3/c1-2-3-4(7)6-5(8)9/h2-3H2,1H3,(H,6,7). The Morgan fingerprint density at radius 1 is 1.44 bits per heavy atom. The largest absolute Gasteiger partial charge is 0.457 e. The van der Waals surface area contributed by atoms with Gasteiger partial charge in [0.15, 0.2) is 0 Å². The van der Waals surface area contributed by atoms with Crippen molar-refractivity contribution in [2.75, 3.05) is 0 Å². The molecule has 0 aromatic heterocycles. The molecule has 51 valence electrons. The first-order chi connectivity index (χ1) is 4.16. The number of rotatable bonds is 2. The molecule has 0 bridgehead atoms. The van der Waals surface area contributed by atoms with Crippen molar-refractivity contribution in [3.63, 3.8) is 0 Å². The summed E-state index contributed by atoms with van der Waals surface area (Å²) >= 11 is 0. The predicted molar refractivity (Wildman–Crippen MR) is 29.1 cm³/mol. The summed E-state index contributed by atoms with van der Waals surface area (Å²) in [6.45, 7) is 1.79. The van der Waals surface area contributed by atoms with Crippen LogP contribution < -0.4 is 5.32 Å². The Hall–Kier alpha value is -1.06. The molecule has 0 aromatic carbocycles. The minimum absolute atomic E-state index is 0.230. The number of hydrogen-bond acceptors (Lipinski definition) is 2. The van der Waals surface area contributed by atoms with Gasteiger partial charge in [0.1, 0.15) is 0 Å². The van der Waals surface area contributed by atoms with Crippen LogP contribution in [0.4, 0.5) is 4.79 Å². The van der Waals surface area contributed by atoms with Crippen LogP contribution in [0.2, 0.25) is 0 Å². The van der Waals surface area contributed by atoms with Gasteiger partial charge in [-0.1, -0.05) is 6.92 Å². The summed E-state index contributed by atoms with van der Waals surface area (Å²) in [5.74, 6) is -0.502. The van der Waals surface area contributed by atoms with E-state index in [2.05, 4.69) is 0 Å². The van der Waals surface area contributed by atoms with Gasteiger partial charge in [-0.2, -0.15) is 0 Å². The molecule has 9 heavy (non-hydrogen) atoms. The summed E-state index contributed by atoms with van der Waals surface area (Å²) in [5, 5.41) is 11.3. The molecule has 0 heterocycles. The first-order valence-electron chi connectivity index (χ1n) is 2.67. The number of amides is 2. The van der Waals surface area contributed by atoms with Crippen LogP contribution in [0.3, 0.4) is 0 Å². The molecule has 0 aliphatic heterocycles. The lowest BCUT2D eigenvalue weighted by Crippen LogP contribution is -2.27. The number of imide groups is 1. The Balaban J connectivity index is 3.39. The first kappa shape index (κ1) is 7.94. The van der Waals surface area contributed by atoms with Crippen molar-refractivity contribution >= 4 is 12.0 Å². The maximum atomic E-state index is 10.3. The molecule has 4 nitrogen and oxygen atoms in total. The number of carbonyl (C=O) groups excluding carboxylic acids is 2. The van der Waals surface area contributed by atoms with Gasteiger partial charge in [-0.05, 0) is 6.42 Å². The Bertz CT molecular complexity index is 121. The molecule has 0 fully saturated rings. The SMILES string of the molecule is CCCC(=O)NC([O])=O. The highest BCUT2D eigenvalue weighted by Crippen LogP contribution is 1.84. The third-order valence-corrected chi connectivity index (χ3v) is 0.719. The average Bonchev–Trinajstić information content (AvgIpc) is 1.63. The third kappa shape index (κ3) is 4.80. The minimum atomic E-state index is -1.53. The second-order valence-corrected chi connectivity index (χ2v) is 1.59. The van der Waals surface area contributed by atoms with Gasteiger partial charge in [-0.3, -0.25) is 10.1 Å². The number of hydrogen-bond donors (Lipinski definition) is 1. The molecule has 1 radical (unpaired) electrons. The first-order valence-corrected chi connectivity index (χ1v) is 2.67. The summed E-state index contributed by atoms with van der Waals surface area (Å²) in [5.41, 5.74) is 0. The van der Waals surface area contributed by atoms with E-state index in [1.54, 1.807) is 12.2 Å². The van der Waals surface area contributed by atoms with Crippen molar-refractivity contribution in [3.8, 4) is 0 Å². The van der Waals surface area contributed by atoms with Crippen molar-refractivity contribution in [2.24, 2.45) is 0 Å². The lowest BCUT2D eigenvalue weighted by atomic mass is 10.3. The highest BCUT2D eigenvalue weighted by molar-refractivity contribution is 5.90. The van der Waals surface area contributed by atoms with E-state index in [0.717, 1.165) is 0 Å². The predicted octanol–water partition coefficient (Wildman–Crippen LogP) is 0.453. The fourth-order valence-corrected chi connectivity index (χ4v) is 0.403. The molecule has 4 heteroatoms. The monoisotopic (exact) mass is 130 g/mol. The third-order valence-electron chi connectivity index (χ3n) is 0.719. The van der Waals surface area contributed by atoms with Crippen LogP contribution >= 0.6 is 0 Å². The zero-order valence-electron chi connectivity index (χ0n) is 5.14. The van der Waals surface area contributed by atoms with Crippen LogP contribution in [-0.4, -0.2) is 12.0 Å². The fraction of sp³-hybridized carbons (Fsp3) is 0.600. The quantitative estimate of drug-likeness (QED) is 0.589. The molecule has 1 N–H and O–H groups in total. The highest BCUT2D eigenvalue weighted by Gasteiger charge is 2.03. The molecular weight excluding hydrogens is 122 g/mol. The Morgan fingerprint density at radius 3 is 2.33 bits per heavy atom. The molecule has 0 saturated carbocycles. The second-order valence-electron chi connectivity index (χ2n) is 1.59. The summed E-state index contributed by atoms with van der Waals surface area (Å²) in [4.78, 5) is 20.0. The molecule has 0 aliphatic rings. The van der Waals surface area contributed by atoms with Crippen LogP contribution in [0, 0.1) is 0 Å². The van der Waals surface area contributed by atoms with Crippen LogP contribution in [0.5, 0.6) is 0 Å². The van der Waals surface area contributed by atoms with E-state index >= 15 is 0 Å². The lowest BCUT2D eigenvalue weighted by Gasteiger charge is -1.92. The van der Waals surface area contributed by atoms with Crippen LogP contribution in [-0.2, 0) is 9.90 Å². The zero-order chi connectivity index (χ0) is 7.28. The van der Waals surface area contributed by atoms with Crippen LogP contribution in [0.15, 0.2) is 0 Å². The van der Waals surface area contributed by atoms with Gasteiger partial charge >= 0.3 is 6.09 Å². The second kappa shape index (κ2) is 3.88. The maximum absolute atomic E-state index is 10.3. The van der Waals surface area contributed by atoms with Crippen LogP contribution in [0.1, 0.15) is 19.8 Å². The van der Waals surface area contributed by atoms with Crippen LogP contribution in [0.25, 0.3) is 0 Å². The highest BCUT2D eigenvalue weighted by atomic mass is 16.4. The van der Waals surface area contributed by atoms with Crippen molar-refractivity contribution < 1.29 is 14.7 Å². The number of carbonyl (C=O) groups is 2. The topological polar surface area (TPSA) is 66.1 Å². The van der Waals surface area contributed by atoms with Gasteiger partial charge in [0.2, 0.25) is 5.91 Å². The van der Waals surface area contributed by atoms with Crippen molar-refractivity contribution in [3.05, 3.63) is 0 Å². The molecule has 0 spiro atoms. The van der Waals surface area contributed by atoms with Gasteiger partial charge in [-0.25, -0.2) is 9.90 Å². The molecule has 0 unspecified atom stereocenters. The Kier molecular flexibility index (Phi) is 3.43. The Labute approximate surface area is 52.9 Å². The van der Waals surface area contributed by atoms with Gasteiger partial charge in [0, 0.05) is 6.42 Å². The van der Waals surface area contributed by atoms with Gasteiger partial charge in [0.25, 0.3) is 0 Å². The van der Waals surface area contributed by atoms with Gasteiger partial charge in [0.05, 0.1) is 0 Å². The summed E-state index contributed by atoms with van der Waals surface area (Å²) < 4.78 is 0. The lowest BCUT2D eigenvalue weighted by molar-refractivity contribution is -0.120. The maximum Gasteiger partial charge on any atom is 0.457 e. The van der Waals surface area contributed by atoms with E-state index in [9.17, 15) is 14.7 Å². The summed E-state index contributed by atoms with van der Waals surface area (Å²) in [6, 6.07) is 0. The molecule has 0 saturated heterocycles. The van der Waals surface area contributed by atoms with E-state index < -0.39 is 12.0 Å². The van der Waals surface area contributed by atoms with Gasteiger partial charge < -0.3 is 0 Å². The summed E-state index contributed by atoms with van der Waals surface area (Å²) in [6.07, 6.45) is -0.666. The fourth-order valence-electron chi connectivity index (χ4n) is 0.403. The molecule has 2 amide bonds. The number of nitrogens with one attached hydrogen (secondary N) is 1. The van der Waals surface area contributed by atoms with E-state index in [4.69, 9.17) is 0 Å². The van der Waals surface area contributed by atoms with E-state index in [1.165, 1.54) is 0 Å². The Morgan fingerprint density at radius 2 is 2.00 bits per heavy atom.